The number of fused-ring (bicyclic) bond motifs is 5. The number of guanidine groups is 2. The third-order valence-corrected chi connectivity index (χ3v) is 6.24. The van der Waals surface area contributed by atoms with Crippen molar-refractivity contribution in [1.29, 1.82) is 0 Å². The molecule has 0 radical (unpaired) electrons. The topological polar surface area (TPSA) is 97.6 Å². The van der Waals surface area contributed by atoms with Crippen LogP contribution in [0.3, 0.4) is 0 Å². The van der Waals surface area contributed by atoms with E-state index in [1.807, 2.05) is 60.7 Å². The van der Waals surface area contributed by atoms with Crippen LogP contribution < -0.4 is 21.1 Å². The molecule has 0 fully saturated rings. The maximum Gasteiger partial charge on any atom is 0.278 e. The lowest BCUT2D eigenvalue weighted by Gasteiger charge is -2.44. The highest BCUT2D eigenvalue weighted by Crippen LogP contribution is 2.49. The Morgan fingerprint density at radius 1 is 0.970 bits per heavy atom. The van der Waals surface area contributed by atoms with Crippen LogP contribution in [0.4, 0.5) is 11.4 Å². The normalized spacial score (nSPS) is 21.4. The fourth-order valence-corrected chi connectivity index (χ4v) is 4.75. The Balaban J connectivity index is 1.40. The zero-order valence-corrected chi connectivity index (χ0v) is 17.7. The number of aromatic nitrogens is 1. The lowest BCUT2D eigenvalue weighted by molar-refractivity contribution is -0.120. The molecule has 3 aliphatic heterocycles. The van der Waals surface area contributed by atoms with Crippen molar-refractivity contribution in [3.05, 3.63) is 94.2 Å². The fraction of sp³-hybridized carbons (Fsp3) is 0.0417. The van der Waals surface area contributed by atoms with Crippen LogP contribution in [0.1, 0.15) is 5.56 Å². The minimum absolute atomic E-state index is 0.246. The van der Waals surface area contributed by atoms with Gasteiger partial charge in [0.1, 0.15) is 5.36 Å². The van der Waals surface area contributed by atoms with Gasteiger partial charge in [-0.2, -0.15) is 9.98 Å². The minimum Gasteiger partial charge on any atom is -0.338 e. The molecule has 1 atom stereocenters. The molecule has 1 unspecified atom stereocenters. The predicted molar refractivity (Wildman–Crippen MR) is 126 cm³/mol. The van der Waals surface area contributed by atoms with Crippen LogP contribution >= 0.6 is 11.6 Å². The molecule has 0 saturated heterocycles. The molecule has 8 nitrogen and oxygen atoms in total. The van der Waals surface area contributed by atoms with Gasteiger partial charge in [-0.05, 0) is 30.3 Å². The van der Waals surface area contributed by atoms with Crippen molar-refractivity contribution in [3.63, 3.8) is 0 Å². The maximum absolute atomic E-state index is 13.2. The summed E-state index contributed by atoms with van der Waals surface area (Å²) >= 11 is 6.28. The molecule has 2 N–H and O–H groups in total. The Kier molecular flexibility index (Phi) is 3.53. The number of hydrogen-bond donors (Lipinski definition) is 2. The van der Waals surface area contributed by atoms with Gasteiger partial charge < -0.3 is 10.3 Å². The summed E-state index contributed by atoms with van der Waals surface area (Å²) in [6, 6.07) is 22.6. The largest absolute Gasteiger partial charge is 0.338 e. The molecule has 158 valence electrons. The lowest BCUT2D eigenvalue weighted by Crippen LogP contribution is -2.60. The third-order valence-electron chi connectivity index (χ3n) is 6.00. The van der Waals surface area contributed by atoms with E-state index < -0.39 is 5.66 Å². The van der Waals surface area contributed by atoms with E-state index >= 15 is 0 Å². The Labute approximate surface area is 191 Å². The molecule has 7 rings (SSSR count). The first-order valence-electron chi connectivity index (χ1n) is 10.3. The second-order valence-corrected chi connectivity index (χ2v) is 8.34. The van der Waals surface area contributed by atoms with Gasteiger partial charge in [-0.3, -0.25) is 9.69 Å². The summed E-state index contributed by atoms with van der Waals surface area (Å²) in [5.74, 6) is 0.361. The van der Waals surface area contributed by atoms with Gasteiger partial charge >= 0.3 is 0 Å². The number of H-pyrrole nitrogens is 1. The van der Waals surface area contributed by atoms with E-state index in [0.29, 0.717) is 22.2 Å². The van der Waals surface area contributed by atoms with Crippen molar-refractivity contribution in [2.75, 3.05) is 10.2 Å². The molecule has 0 bridgehead atoms. The number of aromatic amines is 1. The van der Waals surface area contributed by atoms with Gasteiger partial charge in [0.05, 0.1) is 0 Å². The highest BCUT2D eigenvalue weighted by Gasteiger charge is 2.59. The number of carbonyl (C=O) groups excluding carboxylic acids is 1. The number of nitrogens with one attached hydrogen (secondary N) is 2. The van der Waals surface area contributed by atoms with Gasteiger partial charge in [-0.1, -0.05) is 54.1 Å². The van der Waals surface area contributed by atoms with Gasteiger partial charge in [0.25, 0.3) is 11.9 Å². The Morgan fingerprint density at radius 3 is 2.73 bits per heavy atom. The van der Waals surface area contributed by atoms with E-state index in [2.05, 4.69) is 25.3 Å². The van der Waals surface area contributed by atoms with Crippen LogP contribution in [0.15, 0.2) is 92.8 Å². The van der Waals surface area contributed by atoms with Crippen LogP contribution in [0.2, 0.25) is 5.02 Å². The quantitative estimate of drug-likeness (QED) is 0.465. The molecule has 9 heteroatoms. The van der Waals surface area contributed by atoms with Gasteiger partial charge in [-0.25, -0.2) is 9.98 Å². The first-order chi connectivity index (χ1) is 16.1. The second-order valence-electron chi connectivity index (χ2n) is 7.90. The number of carbonyl (C=O) groups is 1. The molecule has 4 aromatic rings. The van der Waals surface area contributed by atoms with Gasteiger partial charge in [0.15, 0.2) is 5.49 Å². The smallest absolute Gasteiger partial charge is 0.278 e. The van der Waals surface area contributed by atoms with Gasteiger partial charge in [0.2, 0.25) is 11.6 Å². The molecule has 0 saturated carbocycles. The van der Waals surface area contributed by atoms with Crippen LogP contribution in [0.25, 0.3) is 10.9 Å². The third kappa shape index (κ3) is 2.43. The first kappa shape index (κ1) is 18.3. The standard InChI is InChI=1S/C24H14ClN7O/c25-13-6-5-7-14(12-13)32-23(31-24(32)16-9-2-4-11-18(16)27-21(24)33)30-22-28-19-15-8-1-3-10-17(15)26-20(19)29-22/h1-12H,(H,27,33)(H,26,28,29,30,31). The van der Waals surface area contributed by atoms with E-state index in [-0.39, 0.29) is 11.9 Å². The zero-order chi connectivity index (χ0) is 22.2. The van der Waals surface area contributed by atoms with Gasteiger partial charge in [0, 0.05) is 32.9 Å². The zero-order valence-electron chi connectivity index (χ0n) is 17.0. The minimum atomic E-state index is -1.25. The number of hydrogen-bond acceptors (Lipinski definition) is 4. The Bertz CT molecular complexity index is 1700. The number of rotatable bonds is 1. The average molecular weight is 452 g/mol. The molecular weight excluding hydrogens is 438 g/mol. The molecule has 3 aromatic carbocycles. The van der Waals surface area contributed by atoms with E-state index in [0.717, 1.165) is 27.5 Å². The Hall–Kier alpha value is -4.30. The first-order valence-corrected chi connectivity index (χ1v) is 10.7. The van der Waals surface area contributed by atoms with Crippen LogP contribution in [-0.2, 0) is 10.5 Å². The number of aliphatic imine (C=N–C) groups is 2. The van der Waals surface area contributed by atoms with E-state index in [9.17, 15) is 4.79 Å². The molecule has 0 aliphatic carbocycles. The summed E-state index contributed by atoms with van der Waals surface area (Å²) in [4.78, 5) is 36.7. The summed E-state index contributed by atoms with van der Waals surface area (Å²) < 4.78 is 0. The average Bonchev–Trinajstić information content (AvgIpc) is 3.43. The molecule has 1 spiro atoms. The summed E-state index contributed by atoms with van der Waals surface area (Å²) in [5, 5.41) is 5.20. The Morgan fingerprint density at radius 2 is 1.82 bits per heavy atom. The molecule has 3 aliphatic rings. The van der Waals surface area contributed by atoms with Crippen LogP contribution in [-0.4, -0.2) is 22.8 Å². The molecule has 33 heavy (non-hydrogen) atoms. The monoisotopic (exact) mass is 451 g/mol. The number of benzene rings is 3. The second kappa shape index (κ2) is 6.36. The van der Waals surface area contributed by atoms with Crippen molar-refractivity contribution < 1.29 is 4.79 Å². The summed E-state index contributed by atoms with van der Waals surface area (Å²) in [6.07, 6.45) is 0. The van der Waals surface area contributed by atoms with E-state index in [4.69, 9.17) is 16.6 Å². The van der Waals surface area contributed by atoms with Gasteiger partial charge in [-0.15, -0.1) is 0 Å². The van der Waals surface area contributed by atoms with E-state index in [1.54, 1.807) is 17.0 Å². The number of amides is 1. The number of anilines is 2. The van der Waals surface area contributed by atoms with Crippen molar-refractivity contribution in [1.82, 2.24) is 4.98 Å². The predicted octanol–water partition coefficient (Wildman–Crippen LogP) is 3.11. The SMILES string of the molecule is O=C1Nc2ccccc2C12N=C(/N=C1\N=c3[nH]c4ccccc4c3=N1)N2c1cccc(Cl)c1. The van der Waals surface area contributed by atoms with Crippen molar-refractivity contribution in [2.45, 2.75) is 5.66 Å². The van der Waals surface area contributed by atoms with Crippen molar-refractivity contribution in [3.8, 4) is 0 Å². The molecule has 1 amide bonds. The molecule has 4 heterocycles. The number of halogens is 1. The number of nitrogens with zero attached hydrogens (tertiary/aromatic N) is 5. The van der Waals surface area contributed by atoms with Crippen molar-refractivity contribution >= 4 is 51.7 Å². The van der Waals surface area contributed by atoms with E-state index in [1.165, 1.54) is 0 Å². The summed E-state index contributed by atoms with van der Waals surface area (Å²) in [7, 11) is 0. The van der Waals surface area contributed by atoms with Crippen LogP contribution in [0.5, 0.6) is 0 Å². The summed E-state index contributed by atoms with van der Waals surface area (Å²) in [5.41, 5.74) is 2.56. The maximum atomic E-state index is 13.2. The highest BCUT2D eigenvalue weighted by atomic mass is 35.5. The van der Waals surface area contributed by atoms with Crippen molar-refractivity contribution in [2.24, 2.45) is 20.0 Å². The molecular formula is C24H14ClN7O. The lowest BCUT2D eigenvalue weighted by atomic mass is 9.95. The highest BCUT2D eigenvalue weighted by molar-refractivity contribution is 6.31. The summed E-state index contributed by atoms with van der Waals surface area (Å²) in [6.45, 7) is 0. The van der Waals surface area contributed by atoms with Crippen LogP contribution in [0, 0.1) is 0 Å². The fourth-order valence-electron chi connectivity index (χ4n) is 4.57. The number of para-hydroxylation sites is 2. The molecule has 1 aromatic heterocycles.